The molecule has 2 aliphatic carbocycles. The fourth-order valence-electron chi connectivity index (χ4n) is 4.14. The highest BCUT2D eigenvalue weighted by molar-refractivity contribution is 6.10. The summed E-state index contributed by atoms with van der Waals surface area (Å²) in [4.78, 5) is 24.2. The molecule has 0 unspecified atom stereocenters. The van der Waals surface area contributed by atoms with Crippen molar-refractivity contribution in [1.82, 2.24) is 0 Å². The van der Waals surface area contributed by atoms with Gasteiger partial charge in [0.15, 0.2) is 5.78 Å². The van der Waals surface area contributed by atoms with E-state index >= 15 is 0 Å². The largest absolute Gasteiger partial charge is 0.478 e. The van der Waals surface area contributed by atoms with E-state index in [1.807, 2.05) is 6.92 Å². The summed E-state index contributed by atoms with van der Waals surface area (Å²) in [5.41, 5.74) is 5.65. The number of carbonyl (C=O) groups is 2. The number of rotatable bonds is 3. The molecule has 26 heavy (non-hydrogen) atoms. The Bertz CT molecular complexity index is 850. The van der Waals surface area contributed by atoms with Crippen LogP contribution in [0.2, 0.25) is 0 Å². The lowest BCUT2D eigenvalue weighted by Gasteiger charge is -2.42. The van der Waals surface area contributed by atoms with E-state index in [9.17, 15) is 9.59 Å². The summed E-state index contributed by atoms with van der Waals surface area (Å²) in [6.45, 7) is 11.1. The molecule has 1 N–H and O–H groups in total. The number of carboxylic acid groups (broad SMARTS) is 1. The number of hydrogen-bond donors (Lipinski definition) is 1. The Balaban J connectivity index is 2.05. The average molecular weight is 352 g/mol. The van der Waals surface area contributed by atoms with Gasteiger partial charge in [0.25, 0.3) is 0 Å². The number of carboxylic acids is 1. The Morgan fingerprint density at radius 1 is 0.885 bits per heavy atom. The molecular weight excluding hydrogens is 324 g/mol. The van der Waals surface area contributed by atoms with E-state index in [2.05, 4.69) is 39.8 Å². The molecule has 1 aromatic rings. The molecule has 3 heteroatoms. The third-order valence-electron chi connectivity index (χ3n) is 6.16. The standard InChI is InChI=1S/C23H28O3/c1-14-12-18-19(23(4,5)11-10-22(18,2)3)13-17(14)20(24)15-6-8-16(9-7-15)21(25)26/h6,8,12-13H,7,9-11H2,1-5H3,(H,25,26). The van der Waals surface area contributed by atoms with Crippen molar-refractivity contribution >= 4 is 11.8 Å². The zero-order chi connectivity index (χ0) is 19.3. The van der Waals surface area contributed by atoms with Crippen LogP contribution in [0.3, 0.4) is 0 Å². The number of benzene rings is 1. The van der Waals surface area contributed by atoms with Crippen molar-refractivity contribution < 1.29 is 14.7 Å². The highest BCUT2D eigenvalue weighted by Crippen LogP contribution is 2.46. The van der Waals surface area contributed by atoms with Crippen LogP contribution < -0.4 is 0 Å². The molecule has 0 bridgehead atoms. The number of fused-ring (bicyclic) bond motifs is 1. The summed E-state index contributed by atoms with van der Waals surface area (Å²) in [6, 6.07) is 4.30. The van der Waals surface area contributed by atoms with Crippen LogP contribution in [0.5, 0.6) is 0 Å². The fraction of sp³-hybridized carbons (Fsp3) is 0.478. The van der Waals surface area contributed by atoms with Gasteiger partial charge in [-0.2, -0.15) is 0 Å². The van der Waals surface area contributed by atoms with E-state index in [1.54, 1.807) is 12.2 Å². The molecule has 3 nitrogen and oxygen atoms in total. The molecule has 2 aliphatic rings. The number of aryl methyl sites for hydroxylation is 1. The van der Waals surface area contributed by atoms with Crippen LogP contribution in [-0.4, -0.2) is 16.9 Å². The number of carbonyl (C=O) groups excluding carboxylic acids is 1. The fourth-order valence-corrected chi connectivity index (χ4v) is 4.14. The minimum absolute atomic E-state index is 0.0326. The third kappa shape index (κ3) is 3.15. The van der Waals surface area contributed by atoms with Gasteiger partial charge in [0.1, 0.15) is 0 Å². The van der Waals surface area contributed by atoms with E-state index in [0.29, 0.717) is 24.0 Å². The van der Waals surface area contributed by atoms with Crippen LogP contribution in [0.25, 0.3) is 0 Å². The van der Waals surface area contributed by atoms with Gasteiger partial charge in [0.2, 0.25) is 0 Å². The highest BCUT2D eigenvalue weighted by Gasteiger charge is 2.38. The predicted molar refractivity (Wildman–Crippen MR) is 104 cm³/mol. The zero-order valence-corrected chi connectivity index (χ0v) is 16.4. The number of hydrogen-bond acceptors (Lipinski definition) is 2. The third-order valence-corrected chi connectivity index (χ3v) is 6.16. The van der Waals surface area contributed by atoms with Gasteiger partial charge in [-0.3, -0.25) is 4.79 Å². The summed E-state index contributed by atoms with van der Waals surface area (Å²) < 4.78 is 0. The highest BCUT2D eigenvalue weighted by atomic mass is 16.4. The van der Waals surface area contributed by atoms with E-state index < -0.39 is 5.97 Å². The maximum atomic E-state index is 13.1. The van der Waals surface area contributed by atoms with Crippen LogP contribution in [-0.2, 0) is 15.6 Å². The lowest BCUT2D eigenvalue weighted by molar-refractivity contribution is -0.132. The van der Waals surface area contributed by atoms with E-state index in [0.717, 1.165) is 24.0 Å². The molecule has 0 atom stereocenters. The molecule has 0 heterocycles. The van der Waals surface area contributed by atoms with Crippen molar-refractivity contribution in [3.63, 3.8) is 0 Å². The van der Waals surface area contributed by atoms with Crippen LogP contribution in [0.15, 0.2) is 35.4 Å². The second-order valence-electron chi connectivity index (χ2n) is 9.00. The summed E-state index contributed by atoms with van der Waals surface area (Å²) >= 11 is 0. The lowest BCUT2D eigenvalue weighted by Crippen LogP contribution is -2.34. The second kappa shape index (κ2) is 6.22. The molecule has 0 aromatic heterocycles. The first-order valence-corrected chi connectivity index (χ1v) is 9.36. The molecule has 1 aromatic carbocycles. The monoisotopic (exact) mass is 352 g/mol. The zero-order valence-electron chi connectivity index (χ0n) is 16.4. The van der Waals surface area contributed by atoms with Crippen molar-refractivity contribution in [1.29, 1.82) is 0 Å². The Morgan fingerprint density at radius 2 is 1.38 bits per heavy atom. The van der Waals surface area contributed by atoms with Gasteiger partial charge in [0.05, 0.1) is 0 Å². The normalized spacial score (nSPS) is 20.7. The van der Waals surface area contributed by atoms with Gasteiger partial charge in [-0.25, -0.2) is 4.79 Å². The molecule has 0 aliphatic heterocycles. The van der Waals surface area contributed by atoms with Crippen LogP contribution in [0.4, 0.5) is 0 Å². The molecule has 0 fully saturated rings. The van der Waals surface area contributed by atoms with Crippen molar-refractivity contribution in [3.05, 3.63) is 57.7 Å². The van der Waals surface area contributed by atoms with Gasteiger partial charge >= 0.3 is 5.97 Å². The number of Topliss-reactive ketones (excluding diaryl/α,β-unsaturated/α-hetero) is 1. The molecule has 0 saturated heterocycles. The minimum atomic E-state index is -0.901. The Kier molecular flexibility index (Phi) is 4.46. The summed E-state index contributed by atoms with van der Waals surface area (Å²) in [7, 11) is 0. The van der Waals surface area contributed by atoms with Crippen molar-refractivity contribution in [3.8, 4) is 0 Å². The Morgan fingerprint density at radius 3 is 1.88 bits per heavy atom. The van der Waals surface area contributed by atoms with Crippen LogP contribution >= 0.6 is 0 Å². The Labute approximate surface area is 155 Å². The molecule has 0 saturated carbocycles. The predicted octanol–water partition coefficient (Wildman–Crippen LogP) is 5.26. The number of aliphatic carboxylic acids is 1. The first-order valence-electron chi connectivity index (χ1n) is 9.36. The molecule has 0 radical (unpaired) electrons. The summed E-state index contributed by atoms with van der Waals surface area (Å²) in [6.07, 6.45) is 6.41. The van der Waals surface area contributed by atoms with E-state index in [-0.39, 0.29) is 16.6 Å². The SMILES string of the molecule is Cc1cc2c(cc1C(=O)C1=CC=C(C(=O)O)CC1)C(C)(C)CCC2(C)C. The number of allylic oxidation sites excluding steroid dienone is 3. The average Bonchev–Trinajstić information content (AvgIpc) is 2.58. The van der Waals surface area contributed by atoms with Crippen LogP contribution in [0.1, 0.15) is 80.4 Å². The smallest absolute Gasteiger partial charge is 0.331 e. The van der Waals surface area contributed by atoms with Gasteiger partial charge in [-0.15, -0.1) is 0 Å². The first kappa shape index (κ1) is 18.6. The number of ketones is 1. The quantitative estimate of drug-likeness (QED) is 0.755. The molecule has 0 spiro atoms. The Hall–Kier alpha value is -2.16. The minimum Gasteiger partial charge on any atom is -0.478 e. The molecular formula is C23H28O3. The molecule has 3 rings (SSSR count). The van der Waals surface area contributed by atoms with Crippen molar-refractivity contribution in [2.45, 2.75) is 71.1 Å². The maximum Gasteiger partial charge on any atom is 0.331 e. The molecule has 0 amide bonds. The van der Waals surface area contributed by atoms with Gasteiger partial charge in [0, 0.05) is 16.7 Å². The van der Waals surface area contributed by atoms with Gasteiger partial charge in [-0.05, 0) is 66.2 Å². The van der Waals surface area contributed by atoms with E-state index in [4.69, 9.17) is 5.11 Å². The maximum absolute atomic E-state index is 13.1. The topological polar surface area (TPSA) is 54.4 Å². The van der Waals surface area contributed by atoms with Crippen molar-refractivity contribution in [2.75, 3.05) is 0 Å². The van der Waals surface area contributed by atoms with E-state index in [1.165, 1.54) is 11.1 Å². The molecule has 138 valence electrons. The van der Waals surface area contributed by atoms with Gasteiger partial charge < -0.3 is 5.11 Å². The summed E-state index contributed by atoms with van der Waals surface area (Å²) in [5.74, 6) is -0.869. The van der Waals surface area contributed by atoms with Crippen molar-refractivity contribution in [2.24, 2.45) is 0 Å². The first-order chi connectivity index (χ1) is 12.0. The summed E-state index contributed by atoms with van der Waals surface area (Å²) in [5, 5.41) is 9.08. The lowest BCUT2D eigenvalue weighted by atomic mass is 9.62. The van der Waals surface area contributed by atoms with Gasteiger partial charge in [-0.1, -0.05) is 45.9 Å². The van der Waals surface area contributed by atoms with Crippen LogP contribution in [0, 0.1) is 6.92 Å². The second-order valence-corrected chi connectivity index (χ2v) is 9.00.